The standard InChI is InChI=1S/C34H32N4O5/c1-20(9-10-22-7-5-4-6-8-22)43-30-16-24(12-14-29(30)42-3)38-21(2)25-13-11-23(15-26(25)34(38)41)19-37-32(39)27-17-31(35)36-18-28(27)33(37)40/h4-8,11-18,20-21H,9-10,19H2,1-3H3,(H2,35,36). The smallest absolute Gasteiger partial charge is 0.263 e. The summed E-state index contributed by atoms with van der Waals surface area (Å²) in [6.45, 7) is 4.02. The van der Waals surface area contributed by atoms with Gasteiger partial charge in [-0.05, 0) is 67.6 Å². The van der Waals surface area contributed by atoms with Crippen LogP contribution in [0.3, 0.4) is 0 Å². The second-order valence-electron chi connectivity index (χ2n) is 10.9. The number of fused-ring (bicyclic) bond motifs is 2. The minimum atomic E-state index is -0.432. The van der Waals surface area contributed by atoms with Gasteiger partial charge >= 0.3 is 0 Å². The molecule has 218 valence electrons. The number of hydrogen-bond donors (Lipinski definition) is 1. The van der Waals surface area contributed by atoms with Crippen LogP contribution in [0.5, 0.6) is 11.5 Å². The van der Waals surface area contributed by atoms with Crippen LogP contribution in [-0.2, 0) is 13.0 Å². The molecule has 6 rings (SSSR count). The Kier molecular flexibility index (Phi) is 7.31. The van der Waals surface area contributed by atoms with Crippen LogP contribution in [0.2, 0.25) is 0 Å². The summed E-state index contributed by atoms with van der Waals surface area (Å²) in [6.07, 6.45) is 2.95. The van der Waals surface area contributed by atoms with Gasteiger partial charge in [-0.3, -0.25) is 19.3 Å². The zero-order valence-electron chi connectivity index (χ0n) is 24.2. The van der Waals surface area contributed by atoms with E-state index >= 15 is 0 Å². The van der Waals surface area contributed by atoms with E-state index in [1.165, 1.54) is 17.8 Å². The number of anilines is 2. The molecule has 2 atom stereocenters. The third-order valence-corrected chi connectivity index (χ3v) is 8.06. The van der Waals surface area contributed by atoms with E-state index in [1.807, 2.05) is 62.4 Å². The first-order valence-corrected chi connectivity index (χ1v) is 14.2. The zero-order valence-corrected chi connectivity index (χ0v) is 24.2. The van der Waals surface area contributed by atoms with Crippen LogP contribution < -0.4 is 20.1 Å². The second kappa shape index (κ2) is 11.2. The number of pyridine rings is 1. The number of amides is 3. The lowest BCUT2D eigenvalue weighted by atomic mass is 10.0. The molecule has 3 heterocycles. The number of ether oxygens (including phenoxy) is 2. The Morgan fingerprint density at radius 3 is 2.40 bits per heavy atom. The maximum atomic E-state index is 13.8. The lowest BCUT2D eigenvalue weighted by molar-refractivity contribution is 0.0642. The topological polar surface area (TPSA) is 115 Å². The summed E-state index contributed by atoms with van der Waals surface area (Å²) in [7, 11) is 1.59. The van der Waals surface area contributed by atoms with Crippen molar-refractivity contribution in [2.75, 3.05) is 17.7 Å². The van der Waals surface area contributed by atoms with Gasteiger partial charge < -0.3 is 20.1 Å². The maximum absolute atomic E-state index is 13.8. The molecule has 0 saturated heterocycles. The first kappa shape index (κ1) is 28.0. The Morgan fingerprint density at radius 1 is 0.860 bits per heavy atom. The largest absolute Gasteiger partial charge is 0.493 e. The third kappa shape index (κ3) is 5.18. The van der Waals surface area contributed by atoms with Crippen LogP contribution >= 0.6 is 0 Å². The number of aryl methyl sites for hydroxylation is 1. The Bertz CT molecular complexity index is 1740. The molecule has 0 fully saturated rings. The second-order valence-corrected chi connectivity index (χ2v) is 10.9. The van der Waals surface area contributed by atoms with Gasteiger partial charge in [0.1, 0.15) is 5.82 Å². The molecule has 3 amide bonds. The summed E-state index contributed by atoms with van der Waals surface area (Å²) in [4.78, 5) is 46.5. The number of carbonyl (C=O) groups is 3. The molecule has 3 aromatic carbocycles. The summed E-state index contributed by atoms with van der Waals surface area (Å²) >= 11 is 0. The molecule has 0 bridgehead atoms. The first-order valence-electron chi connectivity index (χ1n) is 14.2. The van der Waals surface area contributed by atoms with Gasteiger partial charge in [0, 0.05) is 23.5 Å². The van der Waals surface area contributed by atoms with Crippen molar-refractivity contribution >= 4 is 29.2 Å². The summed E-state index contributed by atoms with van der Waals surface area (Å²) in [6, 6.07) is 22.4. The number of nitrogen functional groups attached to an aromatic ring is 1. The molecule has 0 spiro atoms. The molecule has 2 N–H and O–H groups in total. The summed E-state index contributed by atoms with van der Waals surface area (Å²) in [5.74, 6) is 0.299. The molecule has 1 aromatic heterocycles. The normalized spacial score (nSPS) is 16.3. The fourth-order valence-corrected chi connectivity index (χ4v) is 5.76. The fraction of sp³-hybridized carbons (Fsp3) is 0.235. The highest BCUT2D eigenvalue weighted by Crippen LogP contribution is 2.41. The molecule has 9 nitrogen and oxygen atoms in total. The van der Waals surface area contributed by atoms with Crippen molar-refractivity contribution in [3.05, 3.63) is 112 Å². The predicted octanol–water partition coefficient (Wildman–Crippen LogP) is 5.59. The Balaban J connectivity index is 1.20. The minimum Gasteiger partial charge on any atom is -0.493 e. The van der Waals surface area contributed by atoms with Crippen molar-refractivity contribution < 1.29 is 23.9 Å². The van der Waals surface area contributed by atoms with Gasteiger partial charge in [0.05, 0.1) is 36.9 Å². The van der Waals surface area contributed by atoms with Gasteiger partial charge in [-0.15, -0.1) is 0 Å². The highest BCUT2D eigenvalue weighted by molar-refractivity contribution is 6.21. The average molecular weight is 577 g/mol. The number of hydrogen-bond acceptors (Lipinski definition) is 7. The van der Waals surface area contributed by atoms with Crippen LogP contribution in [0.25, 0.3) is 0 Å². The Morgan fingerprint density at radius 2 is 1.63 bits per heavy atom. The average Bonchev–Trinajstić information content (AvgIpc) is 3.40. The summed E-state index contributed by atoms with van der Waals surface area (Å²) in [5, 5.41) is 0. The van der Waals surface area contributed by atoms with Crippen LogP contribution in [0.4, 0.5) is 11.5 Å². The number of rotatable bonds is 9. The number of carbonyl (C=O) groups excluding carboxylic acids is 3. The highest BCUT2D eigenvalue weighted by Gasteiger charge is 2.38. The molecule has 0 radical (unpaired) electrons. The Hall–Kier alpha value is -5.18. The van der Waals surface area contributed by atoms with E-state index in [4.69, 9.17) is 15.2 Å². The van der Waals surface area contributed by atoms with Gasteiger partial charge in [-0.25, -0.2) is 4.98 Å². The molecular formula is C34H32N4O5. The molecule has 2 aliphatic heterocycles. The molecule has 4 aromatic rings. The summed E-state index contributed by atoms with van der Waals surface area (Å²) in [5.41, 5.74) is 10.2. The lowest BCUT2D eigenvalue weighted by Gasteiger charge is -2.24. The maximum Gasteiger partial charge on any atom is 0.263 e. The van der Waals surface area contributed by atoms with Crippen LogP contribution in [0.15, 0.2) is 79.0 Å². The monoisotopic (exact) mass is 576 g/mol. The quantitative estimate of drug-likeness (QED) is 0.258. The van der Waals surface area contributed by atoms with Crippen molar-refractivity contribution in [1.29, 1.82) is 0 Å². The number of methoxy groups -OCH3 is 1. The molecule has 0 aliphatic carbocycles. The van der Waals surface area contributed by atoms with Crippen molar-refractivity contribution in [1.82, 2.24) is 9.88 Å². The highest BCUT2D eigenvalue weighted by atomic mass is 16.5. The number of aromatic nitrogens is 1. The zero-order chi connectivity index (χ0) is 30.2. The molecule has 2 unspecified atom stereocenters. The first-order chi connectivity index (χ1) is 20.7. The van der Waals surface area contributed by atoms with Crippen LogP contribution in [-0.4, -0.2) is 40.8 Å². The van der Waals surface area contributed by atoms with E-state index < -0.39 is 11.8 Å². The predicted molar refractivity (Wildman–Crippen MR) is 162 cm³/mol. The molecule has 0 saturated carbocycles. The fourth-order valence-electron chi connectivity index (χ4n) is 5.76. The molecule has 43 heavy (non-hydrogen) atoms. The third-order valence-electron chi connectivity index (χ3n) is 8.06. The van der Waals surface area contributed by atoms with Gasteiger partial charge in [0.2, 0.25) is 0 Å². The van der Waals surface area contributed by atoms with E-state index in [2.05, 4.69) is 17.1 Å². The van der Waals surface area contributed by atoms with E-state index in [9.17, 15) is 14.4 Å². The van der Waals surface area contributed by atoms with Gasteiger partial charge in [-0.1, -0.05) is 42.5 Å². The van der Waals surface area contributed by atoms with Crippen molar-refractivity contribution in [2.24, 2.45) is 0 Å². The van der Waals surface area contributed by atoms with E-state index in [1.54, 1.807) is 18.1 Å². The SMILES string of the molecule is COc1ccc(N2C(=O)c3cc(CN4C(=O)c5cnc(N)cc5C4=O)ccc3C2C)cc1OC(C)CCc1ccccc1. The lowest BCUT2D eigenvalue weighted by Crippen LogP contribution is -2.29. The Labute approximate surface area is 249 Å². The van der Waals surface area contributed by atoms with Crippen molar-refractivity contribution in [2.45, 2.75) is 45.4 Å². The van der Waals surface area contributed by atoms with E-state index in [-0.39, 0.29) is 41.5 Å². The van der Waals surface area contributed by atoms with Gasteiger partial charge in [0.15, 0.2) is 11.5 Å². The van der Waals surface area contributed by atoms with E-state index in [0.29, 0.717) is 28.3 Å². The molecule has 2 aliphatic rings. The van der Waals surface area contributed by atoms with Crippen molar-refractivity contribution in [3.8, 4) is 11.5 Å². The van der Waals surface area contributed by atoms with Crippen LogP contribution in [0, 0.1) is 0 Å². The van der Waals surface area contributed by atoms with Gasteiger partial charge in [0.25, 0.3) is 17.7 Å². The summed E-state index contributed by atoms with van der Waals surface area (Å²) < 4.78 is 11.9. The number of nitrogens with zero attached hydrogens (tertiary/aromatic N) is 3. The molecule has 9 heteroatoms. The number of nitrogens with two attached hydrogens (primary N) is 1. The molecular weight excluding hydrogens is 544 g/mol. The minimum absolute atomic E-state index is 0.0303. The number of imide groups is 1. The van der Waals surface area contributed by atoms with E-state index in [0.717, 1.165) is 23.3 Å². The van der Waals surface area contributed by atoms with Gasteiger partial charge in [-0.2, -0.15) is 0 Å². The van der Waals surface area contributed by atoms with Crippen molar-refractivity contribution in [3.63, 3.8) is 0 Å². The van der Waals surface area contributed by atoms with Crippen LogP contribution in [0.1, 0.15) is 74.1 Å². The number of benzene rings is 3.